The van der Waals surface area contributed by atoms with Crippen LogP contribution in [0.3, 0.4) is 0 Å². The third kappa shape index (κ3) is 6.17. The lowest BCUT2D eigenvalue weighted by Gasteiger charge is -2.32. The summed E-state index contributed by atoms with van der Waals surface area (Å²) in [5.74, 6) is -0.148. The lowest BCUT2D eigenvalue weighted by atomic mass is 10.0. The smallest absolute Gasteiger partial charge is 0.243 e. The minimum absolute atomic E-state index is 0.0547. The van der Waals surface area contributed by atoms with Gasteiger partial charge in [0.15, 0.2) is 0 Å². The van der Waals surface area contributed by atoms with Crippen molar-refractivity contribution < 1.29 is 9.59 Å². The van der Waals surface area contributed by atoms with E-state index in [1.165, 1.54) is 10.6 Å². The van der Waals surface area contributed by atoms with E-state index in [4.69, 9.17) is 11.6 Å². The van der Waals surface area contributed by atoms with Crippen molar-refractivity contribution in [3.05, 3.63) is 70.7 Å². The molecule has 0 radical (unpaired) electrons. The van der Waals surface area contributed by atoms with Crippen LogP contribution >= 0.6 is 11.6 Å². The molecule has 2 heterocycles. The van der Waals surface area contributed by atoms with Gasteiger partial charge in [-0.2, -0.15) is 5.10 Å². The second-order valence-electron chi connectivity index (χ2n) is 8.42. The van der Waals surface area contributed by atoms with E-state index in [1.54, 1.807) is 0 Å². The summed E-state index contributed by atoms with van der Waals surface area (Å²) in [6.45, 7) is 3.36. The molecule has 0 aromatic heterocycles. The number of hydrogen-bond donors (Lipinski definition) is 1. The summed E-state index contributed by atoms with van der Waals surface area (Å²) in [6.07, 6.45) is 2.98. The first kappa shape index (κ1) is 22.5. The molecule has 0 spiro atoms. The van der Waals surface area contributed by atoms with Crippen molar-refractivity contribution in [1.82, 2.24) is 15.2 Å². The molecule has 7 heteroatoms. The molecule has 2 amide bonds. The Labute approximate surface area is 194 Å². The van der Waals surface area contributed by atoms with Crippen molar-refractivity contribution in [3.63, 3.8) is 0 Å². The van der Waals surface area contributed by atoms with Crippen LogP contribution in [0.25, 0.3) is 0 Å². The van der Waals surface area contributed by atoms with Crippen molar-refractivity contribution >= 4 is 29.1 Å². The van der Waals surface area contributed by atoms with E-state index in [-0.39, 0.29) is 30.7 Å². The molecular formula is C25H29ClN4O2. The van der Waals surface area contributed by atoms with E-state index < -0.39 is 0 Å². The van der Waals surface area contributed by atoms with Crippen LogP contribution in [0, 0.1) is 0 Å². The van der Waals surface area contributed by atoms with Crippen LogP contribution in [0.15, 0.2) is 59.7 Å². The minimum Gasteiger partial charge on any atom is -0.353 e. The van der Waals surface area contributed by atoms with Crippen LogP contribution in [-0.4, -0.2) is 53.1 Å². The molecule has 0 aliphatic carbocycles. The Morgan fingerprint density at radius 3 is 2.41 bits per heavy atom. The molecule has 1 fully saturated rings. The quantitative estimate of drug-likeness (QED) is 0.694. The summed E-state index contributed by atoms with van der Waals surface area (Å²) >= 11 is 5.95. The third-order valence-corrected chi connectivity index (χ3v) is 6.29. The van der Waals surface area contributed by atoms with Gasteiger partial charge in [-0.05, 0) is 36.1 Å². The van der Waals surface area contributed by atoms with Gasteiger partial charge in [0.2, 0.25) is 11.8 Å². The monoisotopic (exact) mass is 452 g/mol. The summed E-state index contributed by atoms with van der Waals surface area (Å²) in [6, 6.07) is 18.0. The summed E-state index contributed by atoms with van der Waals surface area (Å²) in [5, 5.41) is 9.81. The lowest BCUT2D eigenvalue weighted by Crippen LogP contribution is -2.44. The molecule has 1 saturated heterocycles. The maximum absolute atomic E-state index is 12.5. The summed E-state index contributed by atoms with van der Waals surface area (Å²) < 4.78 is 0. The predicted octanol–water partition coefficient (Wildman–Crippen LogP) is 3.84. The number of hydrazone groups is 1. The molecule has 0 atom stereocenters. The maximum atomic E-state index is 12.5. The van der Waals surface area contributed by atoms with Crippen molar-refractivity contribution in [2.45, 2.75) is 44.7 Å². The Kier molecular flexibility index (Phi) is 7.55. The van der Waals surface area contributed by atoms with Crippen LogP contribution < -0.4 is 5.32 Å². The largest absolute Gasteiger partial charge is 0.353 e. The van der Waals surface area contributed by atoms with Gasteiger partial charge in [0.1, 0.15) is 0 Å². The molecule has 1 N–H and O–H groups in total. The van der Waals surface area contributed by atoms with Crippen LogP contribution in [-0.2, 0) is 16.1 Å². The number of hydrogen-bond acceptors (Lipinski definition) is 4. The van der Waals surface area contributed by atoms with Gasteiger partial charge < -0.3 is 5.32 Å². The molecule has 2 aromatic rings. The zero-order valence-electron chi connectivity index (χ0n) is 18.2. The number of likely N-dealkylation sites (tertiary alicyclic amines) is 1. The molecular weight excluding hydrogens is 424 g/mol. The number of rotatable bonds is 7. The van der Waals surface area contributed by atoms with Gasteiger partial charge in [-0.3, -0.25) is 14.5 Å². The van der Waals surface area contributed by atoms with Gasteiger partial charge >= 0.3 is 0 Å². The van der Waals surface area contributed by atoms with E-state index in [9.17, 15) is 9.59 Å². The van der Waals surface area contributed by atoms with E-state index in [2.05, 4.69) is 27.5 Å². The molecule has 6 nitrogen and oxygen atoms in total. The predicted molar refractivity (Wildman–Crippen MR) is 126 cm³/mol. The first-order chi connectivity index (χ1) is 15.6. The van der Waals surface area contributed by atoms with Gasteiger partial charge in [0, 0.05) is 50.0 Å². The van der Waals surface area contributed by atoms with E-state index in [1.807, 2.05) is 42.5 Å². The Bertz CT molecular complexity index is 954. The van der Waals surface area contributed by atoms with Crippen LogP contribution in [0.1, 0.15) is 43.2 Å². The average Bonchev–Trinajstić information content (AvgIpc) is 3.31. The second-order valence-corrected chi connectivity index (χ2v) is 8.86. The topological polar surface area (TPSA) is 65.0 Å². The molecule has 0 saturated carbocycles. The number of nitrogens with zero attached hydrogens (tertiary/aromatic N) is 3. The second kappa shape index (κ2) is 10.7. The van der Waals surface area contributed by atoms with Gasteiger partial charge in [-0.25, -0.2) is 5.01 Å². The number of nitrogens with one attached hydrogen (secondary N) is 1. The zero-order chi connectivity index (χ0) is 22.3. The van der Waals surface area contributed by atoms with Crippen LogP contribution in [0.5, 0.6) is 0 Å². The Hall–Kier alpha value is -2.70. The molecule has 0 unspecified atom stereocenters. The molecule has 2 aromatic carbocycles. The molecule has 2 aliphatic heterocycles. The number of amides is 2. The highest BCUT2D eigenvalue weighted by Crippen LogP contribution is 2.17. The van der Waals surface area contributed by atoms with E-state index in [0.29, 0.717) is 6.54 Å². The van der Waals surface area contributed by atoms with E-state index in [0.717, 1.165) is 55.2 Å². The summed E-state index contributed by atoms with van der Waals surface area (Å²) in [7, 11) is 0. The first-order valence-corrected chi connectivity index (χ1v) is 11.6. The standard InChI is InChI=1S/C25H29ClN4O2/c26-21-8-6-19(7-9-21)18-29-15-12-22(13-16-29)27-24(31)10-11-25(32)30-17-14-23(28-30)20-4-2-1-3-5-20/h1-9,22H,10-18H2,(H,27,31). The average molecular weight is 453 g/mol. The zero-order valence-corrected chi connectivity index (χ0v) is 18.9. The minimum atomic E-state index is -0.0936. The fraction of sp³-hybridized carbons (Fsp3) is 0.400. The number of benzene rings is 2. The Morgan fingerprint density at radius 1 is 0.969 bits per heavy atom. The van der Waals surface area contributed by atoms with Crippen molar-refractivity contribution in [2.75, 3.05) is 19.6 Å². The highest BCUT2D eigenvalue weighted by molar-refractivity contribution is 6.30. The van der Waals surface area contributed by atoms with Gasteiger partial charge in [-0.15, -0.1) is 0 Å². The van der Waals surface area contributed by atoms with Crippen molar-refractivity contribution in [1.29, 1.82) is 0 Å². The van der Waals surface area contributed by atoms with Gasteiger partial charge in [0.05, 0.1) is 12.3 Å². The highest BCUT2D eigenvalue weighted by Gasteiger charge is 2.24. The molecule has 2 aliphatic rings. The van der Waals surface area contributed by atoms with Gasteiger partial charge in [-0.1, -0.05) is 54.1 Å². The number of carbonyl (C=O) groups is 2. The molecule has 32 heavy (non-hydrogen) atoms. The molecule has 0 bridgehead atoms. The number of halogens is 1. The Balaban J connectivity index is 1.16. The summed E-state index contributed by atoms with van der Waals surface area (Å²) in [4.78, 5) is 27.3. The molecule has 4 rings (SSSR count). The number of piperidine rings is 1. The fourth-order valence-corrected chi connectivity index (χ4v) is 4.33. The third-order valence-electron chi connectivity index (χ3n) is 6.03. The van der Waals surface area contributed by atoms with Gasteiger partial charge in [0.25, 0.3) is 0 Å². The lowest BCUT2D eigenvalue weighted by molar-refractivity contribution is -0.133. The van der Waals surface area contributed by atoms with Crippen LogP contribution in [0.2, 0.25) is 5.02 Å². The maximum Gasteiger partial charge on any atom is 0.243 e. The van der Waals surface area contributed by atoms with Crippen molar-refractivity contribution in [3.8, 4) is 0 Å². The van der Waals surface area contributed by atoms with Crippen molar-refractivity contribution in [2.24, 2.45) is 5.10 Å². The summed E-state index contributed by atoms with van der Waals surface area (Å²) in [5.41, 5.74) is 3.21. The first-order valence-electron chi connectivity index (χ1n) is 11.3. The SMILES string of the molecule is O=C(CCC(=O)N1CCC(c2ccccc2)=N1)NC1CCN(Cc2ccc(Cl)cc2)CC1. The highest BCUT2D eigenvalue weighted by atomic mass is 35.5. The fourth-order valence-electron chi connectivity index (χ4n) is 4.20. The molecule has 168 valence electrons. The number of carbonyl (C=O) groups excluding carboxylic acids is 2. The normalized spacial score (nSPS) is 17.3. The van der Waals surface area contributed by atoms with E-state index >= 15 is 0 Å². The Morgan fingerprint density at radius 2 is 1.69 bits per heavy atom. The van der Waals surface area contributed by atoms with Crippen LogP contribution in [0.4, 0.5) is 0 Å².